The maximum absolute atomic E-state index is 11.8. The molecule has 98 valence electrons. The number of carbonyl (C=O) groups is 1. The molecular formula is C13H24N2O2. The topological polar surface area (TPSA) is 50.4 Å². The molecule has 2 unspecified atom stereocenters. The first-order valence-corrected chi connectivity index (χ1v) is 6.90. The molecule has 0 radical (unpaired) electrons. The molecule has 1 aliphatic carbocycles. The van der Waals surface area contributed by atoms with Gasteiger partial charge in [0.15, 0.2) is 0 Å². The summed E-state index contributed by atoms with van der Waals surface area (Å²) < 4.78 is 5.71. The van der Waals surface area contributed by atoms with E-state index in [0.29, 0.717) is 25.3 Å². The van der Waals surface area contributed by atoms with E-state index in [4.69, 9.17) is 4.74 Å². The van der Waals surface area contributed by atoms with Gasteiger partial charge in [0, 0.05) is 12.6 Å². The number of hydrogen-bond donors (Lipinski definition) is 2. The molecule has 0 aromatic rings. The van der Waals surface area contributed by atoms with Gasteiger partial charge in [0.2, 0.25) is 5.91 Å². The highest BCUT2D eigenvalue weighted by molar-refractivity contribution is 5.79. The van der Waals surface area contributed by atoms with E-state index in [1.807, 2.05) is 0 Å². The number of hydrogen-bond acceptors (Lipinski definition) is 3. The second kappa shape index (κ2) is 6.36. The van der Waals surface area contributed by atoms with E-state index in [2.05, 4.69) is 17.6 Å². The minimum absolute atomic E-state index is 0.140. The van der Waals surface area contributed by atoms with E-state index in [1.165, 1.54) is 25.7 Å². The van der Waals surface area contributed by atoms with Crippen molar-refractivity contribution in [2.24, 2.45) is 5.92 Å². The molecule has 1 aliphatic heterocycles. The lowest BCUT2D eigenvalue weighted by Gasteiger charge is -2.16. The van der Waals surface area contributed by atoms with Crippen LogP contribution in [-0.2, 0) is 9.53 Å². The Labute approximate surface area is 103 Å². The Morgan fingerprint density at radius 3 is 2.76 bits per heavy atom. The number of ether oxygens (including phenoxy) is 1. The number of carbonyl (C=O) groups excluding carboxylic acids is 1. The second-order valence-electron chi connectivity index (χ2n) is 5.21. The van der Waals surface area contributed by atoms with Crippen LogP contribution in [0.4, 0.5) is 0 Å². The summed E-state index contributed by atoms with van der Waals surface area (Å²) in [6.45, 7) is 4.34. The molecule has 2 rings (SSSR count). The maximum Gasteiger partial charge on any atom is 0.224 e. The van der Waals surface area contributed by atoms with Gasteiger partial charge in [-0.2, -0.15) is 0 Å². The van der Waals surface area contributed by atoms with Crippen molar-refractivity contribution in [3.8, 4) is 0 Å². The van der Waals surface area contributed by atoms with Crippen molar-refractivity contribution in [1.82, 2.24) is 10.6 Å². The van der Waals surface area contributed by atoms with Gasteiger partial charge in [0.1, 0.15) is 0 Å². The van der Waals surface area contributed by atoms with Gasteiger partial charge in [-0.3, -0.25) is 4.79 Å². The Hall–Kier alpha value is -0.610. The van der Waals surface area contributed by atoms with Crippen LogP contribution < -0.4 is 10.6 Å². The molecule has 0 bridgehead atoms. The zero-order valence-electron chi connectivity index (χ0n) is 10.7. The molecule has 1 saturated carbocycles. The van der Waals surface area contributed by atoms with Crippen molar-refractivity contribution in [2.75, 3.05) is 19.7 Å². The van der Waals surface area contributed by atoms with Crippen molar-refractivity contribution in [2.45, 2.75) is 51.2 Å². The van der Waals surface area contributed by atoms with Crippen LogP contribution in [0.2, 0.25) is 0 Å². The first-order valence-electron chi connectivity index (χ1n) is 6.90. The highest BCUT2D eigenvalue weighted by Gasteiger charge is 2.28. The summed E-state index contributed by atoms with van der Waals surface area (Å²) in [5.74, 6) is 0.319. The number of nitrogens with one attached hydrogen (secondary N) is 2. The Morgan fingerprint density at radius 1 is 1.35 bits per heavy atom. The van der Waals surface area contributed by atoms with Gasteiger partial charge in [0.05, 0.1) is 18.6 Å². The van der Waals surface area contributed by atoms with E-state index in [1.54, 1.807) is 0 Å². The maximum atomic E-state index is 11.8. The monoisotopic (exact) mass is 240 g/mol. The van der Waals surface area contributed by atoms with Crippen molar-refractivity contribution in [3.05, 3.63) is 0 Å². The molecule has 2 atom stereocenters. The molecule has 1 heterocycles. The molecule has 0 aromatic carbocycles. The van der Waals surface area contributed by atoms with Crippen molar-refractivity contribution >= 4 is 5.91 Å². The largest absolute Gasteiger partial charge is 0.376 e. The first-order chi connectivity index (χ1) is 8.27. The van der Waals surface area contributed by atoms with Gasteiger partial charge < -0.3 is 15.4 Å². The van der Waals surface area contributed by atoms with E-state index >= 15 is 0 Å². The van der Waals surface area contributed by atoms with Crippen LogP contribution in [0, 0.1) is 5.92 Å². The molecule has 1 amide bonds. The minimum Gasteiger partial charge on any atom is -0.376 e. The number of rotatable bonds is 5. The third-order valence-electron chi connectivity index (χ3n) is 3.92. The Bertz CT molecular complexity index is 252. The Morgan fingerprint density at radius 2 is 2.12 bits per heavy atom. The molecule has 0 spiro atoms. The predicted molar refractivity (Wildman–Crippen MR) is 66.8 cm³/mol. The molecule has 2 N–H and O–H groups in total. The lowest BCUT2D eigenvalue weighted by molar-refractivity contribution is -0.125. The molecular weight excluding hydrogens is 216 g/mol. The summed E-state index contributed by atoms with van der Waals surface area (Å²) in [4.78, 5) is 11.8. The fraction of sp³-hybridized carbons (Fsp3) is 0.923. The lowest BCUT2D eigenvalue weighted by Crippen LogP contribution is -2.38. The fourth-order valence-corrected chi connectivity index (χ4v) is 2.80. The summed E-state index contributed by atoms with van der Waals surface area (Å²) in [5, 5.41) is 6.27. The number of amides is 1. The lowest BCUT2D eigenvalue weighted by atomic mass is 10.0. The van der Waals surface area contributed by atoms with Crippen molar-refractivity contribution in [1.29, 1.82) is 0 Å². The van der Waals surface area contributed by atoms with Crippen LogP contribution in [0.1, 0.15) is 39.0 Å². The van der Waals surface area contributed by atoms with Crippen molar-refractivity contribution < 1.29 is 9.53 Å². The van der Waals surface area contributed by atoms with Gasteiger partial charge in [-0.15, -0.1) is 0 Å². The van der Waals surface area contributed by atoms with E-state index in [-0.39, 0.29) is 11.8 Å². The summed E-state index contributed by atoms with van der Waals surface area (Å²) in [5.41, 5.74) is 0. The van der Waals surface area contributed by atoms with E-state index in [0.717, 1.165) is 13.0 Å². The summed E-state index contributed by atoms with van der Waals surface area (Å²) >= 11 is 0. The molecule has 4 heteroatoms. The average molecular weight is 240 g/mol. The van der Waals surface area contributed by atoms with Crippen molar-refractivity contribution in [3.63, 3.8) is 0 Å². The van der Waals surface area contributed by atoms with E-state index in [9.17, 15) is 4.79 Å². The van der Waals surface area contributed by atoms with Crippen LogP contribution in [0.15, 0.2) is 0 Å². The normalized spacial score (nSPS) is 29.7. The van der Waals surface area contributed by atoms with Gasteiger partial charge in [-0.1, -0.05) is 12.8 Å². The molecule has 0 aromatic heterocycles. The minimum atomic E-state index is 0.140. The van der Waals surface area contributed by atoms with Crippen LogP contribution in [0.3, 0.4) is 0 Å². The second-order valence-corrected chi connectivity index (χ2v) is 5.21. The fourth-order valence-electron chi connectivity index (χ4n) is 2.80. The zero-order chi connectivity index (χ0) is 12.1. The van der Waals surface area contributed by atoms with Crippen LogP contribution in [0.25, 0.3) is 0 Å². The Balaban J connectivity index is 1.56. The molecule has 17 heavy (non-hydrogen) atoms. The van der Waals surface area contributed by atoms with Gasteiger partial charge in [0.25, 0.3) is 0 Å². The quantitative estimate of drug-likeness (QED) is 0.707. The molecule has 4 nitrogen and oxygen atoms in total. The molecule has 1 saturated heterocycles. The van der Waals surface area contributed by atoms with E-state index < -0.39 is 0 Å². The van der Waals surface area contributed by atoms with Gasteiger partial charge in [-0.05, 0) is 32.7 Å². The smallest absolute Gasteiger partial charge is 0.224 e. The third-order valence-corrected chi connectivity index (χ3v) is 3.92. The van der Waals surface area contributed by atoms with Gasteiger partial charge in [-0.25, -0.2) is 0 Å². The molecule has 2 fully saturated rings. The SMILES string of the molecule is CC1NCCC1C(=O)NCCOC1CCCC1. The predicted octanol–water partition coefficient (Wildman–Crippen LogP) is 1.06. The summed E-state index contributed by atoms with van der Waals surface area (Å²) in [7, 11) is 0. The third kappa shape index (κ3) is 3.68. The standard InChI is InChI=1S/C13H24N2O2/c1-10-12(6-7-14-10)13(16)15-8-9-17-11-4-2-3-5-11/h10-12,14H,2-9H2,1H3,(H,15,16). The highest BCUT2D eigenvalue weighted by Crippen LogP contribution is 2.20. The highest BCUT2D eigenvalue weighted by atomic mass is 16.5. The summed E-state index contributed by atoms with van der Waals surface area (Å²) in [6.07, 6.45) is 6.37. The summed E-state index contributed by atoms with van der Waals surface area (Å²) in [6, 6.07) is 0.311. The van der Waals surface area contributed by atoms with Gasteiger partial charge >= 0.3 is 0 Å². The molecule has 2 aliphatic rings. The zero-order valence-corrected chi connectivity index (χ0v) is 10.7. The Kier molecular flexibility index (Phi) is 4.80. The van der Waals surface area contributed by atoms with Crippen LogP contribution in [0.5, 0.6) is 0 Å². The first kappa shape index (κ1) is 12.8. The van der Waals surface area contributed by atoms with Crippen LogP contribution in [-0.4, -0.2) is 37.7 Å². The average Bonchev–Trinajstić information content (AvgIpc) is 2.95. The van der Waals surface area contributed by atoms with Crippen LogP contribution >= 0.6 is 0 Å².